The van der Waals surface area contributed by atoms with E-state index in [-0.39, 0.29) is 16.6 Å². The highest BCUT2D eigenvalue weighted by molar-refractivity contribution is 7.86. The first kappa shape index (κ1) is 17.6. The van der Waals surface area contributed by atoms with Crippen LogP contribution >= 0.6 is 11.3 Å². The lowest BCUT2D eigenvalue weighted by atomic mass is 9.92. The van der Waals surface area contributed by atoms with Crippen LogP contribution in [0.2, 0.25) is 0 Å². The minimum absolute atomic E-state index is 0.0248. The molecule has 0 bridgehead atoms. The van der Waals surface area contributed by atoms with Crippen molar-refractivity contribution in [2.75, 3.05) is 12.9 Å². The molecule has 0 saturated carbocycles. The predicted molar refractivity (Wildman–Crippen MR) is 84.0 cm³/mol. The Labute approximate surface area is 126 Å². The van der Waals surface area contributed by atoms with Crippen LogP contribution in [0.5, 0.6) is 0 Å². The van der Waals surface area contributed by atoms with E-state index >= 15 is 0 Å². The maximum absolute atomic E-state index is 11.5. The molecule has 0 fully saturated rings. The van der Waals surface area contributed by atoms with Crippen molar-refractivity contribution in [3.05, 3.63) is 15.6 Å². The predicted octanol–water partition coefficient (Wildman–Crippen LogP) is 3.26. The molecule has 0 aromatic carbocycles. The van der Waals surface area contributed by atoms with Gasteiger partial charge in [0.05, 0.1) is 23.6 Å². The first-order valence-corrected chi connectivity index (χ1v) is 9.05. The van der Waals surface area contributed by atoms with Gasteiger partial charge in [0.2, 0.25) is 0 Å². The van der Waals surface area contributed by atoms with Crippen LogP contribution in [0.15, 0.2) is 0 Å². The summed E-state index contributed by atoms with van der Waals surface area (Å²) in [5.41, 5.74) is 0.823. The molecule has 1 aromatic heterocycles. The Balaban J connectivity index is 3.14. The Morgan fingerprint density at radius 1 is 1.10 bits per heavy atom. The van der Waals surface area contributed by atoms with E-state index in [0.29, 0.717) is 6.42 Å². The fourth-order valence-electron chi connectivity index (χ4n) is 1.73. The lowest BCUT2D eigenvalue weighted by Crippen LogP contribution is -2.15. The van der Waals surface area contributed by atoms with Crippen LogP contribution in [0.1, 0.15) is 57.1 Å². The van der Waals surface area contributed by atoms with Gasteiger partial charge >= 0.3 is 0 Å². The first-order chi connectivity index (χ1) is 8.87. The summed E-state index contributed by atoms with van der Waals surface area (Å²) in [7, 11) is -2.25. The topological polar surface area (TPSA) is 56.3 Å². The highest BCUT2D eigenvalue weighted by Crippen LogP contribution is 2.36. The molecule has 0 unspecified atom stereocenters. The minimum Gasteiger partial charge on any atom is -0.273 e. The first-order valence-electron chi connectivity index (χ1n) is 6.66. The zero-order valence-corrected chi connectivity index (χ0v) is 15.0. The Bertz CT molecular complexity index is 560. The second-order valence-electron chi connectivity index (χ2n) is 6.97. The minimum atomic E-state index is -3.44. The summed E-state index contributed by atoms with van der Waals surface area (Å²) in [4.78, 5) is 5.84. The van der Waals surface area contributed by atoms with Crippen LogP contribution in [0.25, 0.3) is 0 Å². The normalized spacial score (nSPS) is 13.8. The third kappa shape index (κ3) is 4.53. The molecule has 1 aromatic rings. The van der Waals surface area contributed by atoms with Crippen LogP contribution < -0.4 is 0 Å². The van der Waals surface area contributed by atoms with Crippen molar-refractivity contribution in [3.63, 3.8) is 0 Å². The summed E-state index contributed by atoms with van der Waals surface area (Å²) < 4.78 is 27.5. The molecular formula is C14H25NO3S2. The number of nitrogens with zero attached hydrogens (tertiary/aromatic N) is 1. The molecule has 0 radical (unpaired) electrons. The van der Waals surface area contributed by atoms with Gasteiger partial charge < -0.3 is 0 Å². The summed E-state index contributed by atoms with van der Waals surface area (Å²) in [6.45, 7) is 12.7. The van der Waals surface area contributed by atoms with Crippen LogP contribution in [0, 0.1) is 0 Å². The smallest absolute Gasteiger partial charge is 0.267 e. The van der Waals surface area contributed by atoms with E-state index in [4.69, 9.17) is 0 Å². The van der Waals surface area contributed by atoms with Crippen LogP contribution in [-0.2, 0) is 31.6 Å². The monoisotopic (exact) mass is 319 g/mol. The van der Waals surface area contributed by atoms with E-state index in [9.17, 15) is 8.42 Å². The van der Waals surface area contributed by atoms with Gasteiger partial charge in [-0.2, -0.15) is 8.42 Å². The summed E-state index contributed by atoms with van der Waals surface area (Å²) in [5.74, 6) is -0.0279. The number of aryl methyl sites for hydroxylation is 1. The molecule has 0 amide bonds. The third-order valence-corrected chi connectivity index (χ3v) is 6.02. The van der Waals surface area contributed by atoms with Gasteiger partial charge in [-0.25, -0.2) is 4.98 Å². The number of rotatable bonds is 4. The molecule has 4 nitrogen and oxygen atoms in total. The van der Waals surface area contributed by atoms with Gasteiger partial charge in [0.25, 0.3) is 10.1 Å². The molecule has 6 heteroatoms. The maximum Gasteiger partial charge on any atom is 0.267 e. The van der Waals surface area contributed by atoms with Gasteiger partial charge in [0.15, 0.2) is 0 Å². The van der Waals surface area contributed by atoms with E-state index in [0.717, 1.165) is 15.6 Å². The van der Waals surface area contributed by atoms with Crippen molar-refractivity contribution in [1.82, 2.24) is 4.98 Å². The van der Waals surface area contributed by atoms with Crippen LogP contribution in [0.4, 0.5) is 0 Å². The summed E-state index contributed by atoms with van der Waals surface area (Å²) >= 11 is 1.68. The van der Waals surface area contributed by atoms with Gasteiger partial charge in [-0.15, -0.1) is 11.3 Å². The van der Waals surface area contributed by atoms with E-state index in [1.165, 1.54) is 7.11 Å². The van der Waals surface area contributed by atoms with Gasteiger partial charge in [-0.1, -0.05) is 41.5 Å². The zero-order valence-electron chi connectivity index (χ0n) is 13.4. The van der Waals surface area contributed by atoms with E-state index in [1.807, 2.05) is 0 Å². The van der Waals surface area contributed by atoms with Crippen LogP contribution in [-0.4, -0.2) is 26.3 Å². The van der Waals surface area contributed by atoms with Crippen molar-refractivity contribution in [2.45, 2.75) is 58.8 Å². The number of hydrogen-bond acceptors (Lipinski definition) is 5. The Morgan fingerprint density at radius 3 is 2.05 bits per heavy atom. The zero-order chi connectivity index (χ0) is 15.8. The number of aromatic nitrogens is 1. The molecule has 0 atom stereocenters. The largest absolute Gasteiger partial charge is 0.273 e. The van der Waals surface area contributed by atoms with Gasteiger partial charge in [0, 0.05) is 16.7 Å². The molecule has 0 saturated heterocycles. The standard InChI is InChI=1S/C14H25NO3S2/c1-13(2,3)11-10(8-9-20(16,17)18-7)15-12(19-11)14(4,5)6/h8-9H2,1-7H3. The quantitative estimate of drug-likeness (QED) is 0.799. The van der Waals surface area contributed by atoms with E-state index in [1.54, 1.807) is 11.3 Å². The van der Waals surface area contributed by atoms with Gasteiger partial charge in [-0.05, 0) is 5.41 Å². The number of thiazole rings is 1. The fourth-order valence-corrected chi connectivity index (χ4v) is 3.57. The number of hydrogen-bond donors (Lipinski definition) is 0. The van der Waals surface area contributed by atoms with Gasteiger partial charge in [-0.3, -0.25) is 4.18 Å². The Morgan fingerprint density at radius 2 is 1.65 bits per heavy atom. The molecule has 20 heavy (non-hydrogen) atoms. The highest BCUT2D eigenvalue weighted by Gasteiger charge is 2.28. The lowest BCUT2D eigenvalue weighted by Gasteiger charge is -2.18. The van der Waals surface area contributed by atoms with Crippen LogP contribution in [0.3, 0.4) is 0 Å². The molecule has 1 heterocycles. The Kier molecular flexibility index (Phi) is 5.04. The summed E-state index contributed by atoms with van der Waals surface area (Å²) in [5, 5.41) is 1.05. The van der Waals surface area contributed by atoms with Crippen molar-refractivity contribution < 1.29 is 12.6 Å². The maximum atomic E-state index is 11.5. The SMILES string of the molecule is COS(=O)(=O)CCc1nc(C(C)(C)C)sc1C(C)(C)C. The van der Waals surface area contributed by atoms with E-state index < -0.39 is 10.1 Å². The van der Waals surface area contributed by atoms with Crippen molar-refractivity contribution in [3.8, 4) is 0 Å². The van der Waals surface area contributed by atoms with E-state index in [2.05, 4.69) is 50.7 Å². The molecule has 116 valence electrons. The summed E-state index contributed by atoms with van der Waals surface area (Å²) in [6.07, 6.45) is 0.398. The highest BCUT2D eigenvalue weighted by atomic mass is 32.2. The van der Waals surface area contributed by atoms with Crippen molar-refractivity contribution in [1.29, 1.82) is 0 Å². The molecule has 0 aliphatic carbocycles. The van der Waals surface area contributed by atoms with Gasteiger partial charge in [0.1, 0.15) is 0 Å². The fraction of sp³-hybridized carbons (Fsp3) is 0.786. The average Bonchev–Trinajstić information content (AvgIpc) is 2.70. The third-order valence-electron chi connectivity index (χ3n) is 2.86. The molecule has 0 aliphatic heterocycles. The lowest BCUT2D eigenvalue weighted by molar-refractivity contribution is 0.397. The van der Waals surface area contributed by atoms with Crippen molar-refractivity contribution in [2.24, 2.45) is 0 Å². The second kappa shape index (κ2) is 5.73. The second-order valence-corrected chi connectivity index (χ2v) is 9.83. The average molecular weight is 319 g/mol. The molecule has 0 N–H and O–H groups in total. The van der Waals surface area contributed by atoms with Crippen molar-refractivity contribution >= 4 is 21.5 Å². The Hall–Kier alpha value is -0.460. The molecule has 1 rings (SSSR count). The molecular weight excluding hydrogens is 294 g/mol. The molecule has 0 aliphatic rings. The molecule has 0 spiro atoms. The summed E-state index contributed by atoms with van der Waals surface area (Å²) in [6, 6.07) is 0.